The molecule has 0 saturated heterocycles. The molecule has 5 rings (SSSR count). The van der Waals surface area contributed by atoms with E-state index in [-0.39, 0.29) is 5.91 Å². The average molecular weight is 455 g/mol. The van der Waals surface area contributed by atoms with Crippen LogP contribution in [0, 0.1) is 0 Å². The maximum atomic E-state index is 13.0. The highest BCUT2D eigenvalue weighted by atomic mass is 16.5. The van der Waals surface area contributed by atoms with Crippen molar-refractivity contribution < 1.29 is 9.53 Å². The molecule has 1 amide bonds. The second-order valence-electron chi connectivity index (χ2n) is 8.43. The summed E-state index contributed by atoms with van der Waals surface area (Å²) in [6.07, 6.45) is 6.25. The van der Waals surface area contributed by atoms with Crippen LogP contribution >= 0.6 is 0 Å². The molecule has 8 nitrogen and oxygen atoms in total. The number of methoxy groups -OCH3 is 1. The largest absolute Gasteiger partial charge is 0.481 e. The number of rotatable bonds is 6. The van der Waals surface area contributed by atoms with Gasteiger partial charge in [0.15, 0.2) is 5.82 Å². The number of benzene rings is 1. The van der Waals surface area contributed by atoms with Crippen LogP contribution in [0.4, 0.5) is 11.5 Å². The molecule has 3 aromatic heterocycles. The number of carbonyl (C=O) groups excluding carboxylic acids is 1. The van der Waals surface area contributed by atoms with Crippen molar-refractivity contribution in [2.45, 2.75) is 32.2 Å². The van der Waals surface area contributed by atoms with Crippen molar-refractivity contribution in [3.8, 4) is 17.4 Å². The highest BCUT2D eigenvalue weighted by Gasteiger charge is 2.27. The van der Waals surface area contributed by atoms with Crippen molar-refractivity contribution in [3.63, 3.8) is 0 Å². The van der Waals surface area contributed by atoms with Crippen LogP contribution in [0.2, 0.25) is 0 Å². The number of hydrogen-bond acceptors (Lipinski definition) is 7. The van der Waals surface area contributed by atoms with Crippen LogP contribution in [-0.4, -0.2) is 46.0 Å². The number of likely N-dealkylation sites (N-methyl/N-ethyl adjacent to an activating group) is 1. The van der Waals surface area contributed by atoms with Gasteiger partial charge in [-0.25, -0.2) is 15.0 Å². The van der Waals surface area contributed by atoms with Crippen LogP contribution < -0.4 is 15.0 Å². The first-order valence-corrected chi connectivity index (χ1v) is 11.3. The van der Waals surface area contributed by atoms with Crippen LogP contribution in [0.15, 0.2) is 54.9 Å². The number of nitrogens with one attached hydrogen (secondary N) is 1. The number of anilines is 2. The van der Waals surface area contributed by atoms with E-state index in [9.17, 15) is 4.79 Å². The van der Waals surface area contributed by atoms with E-state index in [2.05, 4.69) is 21.4 Å². The van der Waals surface area contributed by atoms with E-state index < -0.39 is 6.04 Å². The molecular formula is C26H26N6O2. The Morgan fingerprint density at radius 2 is 1.88 bits per heavy atom. The lowest BCUT2D eigenvalue weighted by Crippen LogP contribution is -2.40. The molecule has 0 fully saturated rings. The molecule has 0 bridgehead atoms. The number of amides is 1. The molecule has 172 valence electrons. The van der Waals surface area contributed by atoms with Crippen molar-refractivity contribution in [3.05, 3.63) is 66.1 Å². The number of aromatic nitrogens is 4. The van der Waals surface area contributed by atoms with Gasteiger partial charge in [0, 0.05) is 36.0 Å². The zero-order valence-corrected chi connectivity index (χ0v) is 19.4. The number of pyridine rings is 2. The van der Waals surface area contributed by atoms with Gasteiger partial charge in [-0.15, -0.1) is 0 Å². The quantitative estimate of drug-likeness (QED) is 0.470. The Hall–Kier alpha value is -4.07. The minimum Gasteiger partial charge on any atom is -0.481 e. The third kappa shape index (κ3) is 4.14. The Kier molecular flexibility index (Phi) is 5.79. The summed E-state index contributed by atoms with van der Waals surface area (Å²) in [5.74, 6) is 1.71. The highest BCUT2D eigenvalue weighted by molar-refractivity contribution is 5.96. The van der Waals surface area contributed by atoms with Crippen LogP contribution in [0.5, 0.6) is 5.88 Å². The maximum absolute atomic E-state index is 13.0. The molecule has 0 unspecified atom stereocenters. The van der Waals surface area contributed by atoms with Gasteiger partial charge in [-0.05, 0) is 43.7 Å². The maximum Gasteiger partial charge on any atom is 0.246 e. The fraction of sp³-hybridized carbons (Fsp3) is 0.269. The van der Waals surface area contributed by atoms with Crippen molar-refractivity contribution in [2.75, 3.05) is 24.4 Å². The Labute approximate surface area is 198 Å². The number of nitrogens with zero attached hydrogens (tertiary/aromatic N) is 5. The SMILES string of the molecule is COc1ccc(NC(=O)[C@@H](C)N(C)c2nc(-c3cc4ccccc4cn3)nc3c2CCC3)cn1. The molecular weight excluding hydrogens is 428 g/mol. The van der Waals surface area contributed by atoms with Gasteiger partial charge in [0.2, 0.25) is 11.8 Å². The lowest BCUT2D eigenvalue weighted by molar-refractivity contribution is -0.117. The molecule has 0 spiro atoms. The Morgan fingerprint density at radius 3 is 2.65 bits per heavy atom. The van der Waals surface area contributed by atoms with Crippen molar-refractivity contribution in [2.24, 2.45) is 0 Å². The summed E-state index contributed by atoms with van der Waals surface area (Å²) in [6, 6.07) is 13.1. The summed E-state index contributed by atoms with van der Waals surface area (Å²) < 4.78 is 5.08. The van der Waals surface area contributed by atoms with Crippen LogP contribution in [-0.2, 0) is 17.6 Å². The van der Waals surface area contributed by atoms with E-state index in [1.54, 1.807) is 25.4 Å². The zero-order chi connectivity index (χ0) is 23.7. The van der Waals surface area contributed by atoms with Gasteiger partial charge >= 0.3 is 0 Å². The van der Waals surface area contributed by atoms with E-state index >= 15 is 0 Å². The molecule has 1 aromatic carbocycles. The standard InChI is InChI=1S/C26H26N6O2/c1-16(26(33)29-19-11-12-23(34-3)28-15-19)32(2)25-20-9-6-10-21(20)30-24(31-25)22-13-17-7-4-5-8-18(17)14-27-22/h4-5,7-8,11-16H,6,9-10H2,1-3H3,(H,29,33)/t16-/m1/s1. The normalized spacial score (nSPS) is 13.4. The van der Waals surface area contributed by atoms with E-state index in [0.717, 1.165) is 52.8 Å². The smallest absolute Gasteiger partial charge is 0.246 e. The fourth-order valence-electron chi connectivity index (χ4n) is 4.21. The van der Waals surface area contributed by atoms with Gasteiger partial charge in [0.1, 0.15) is 17.6 Å². The summed E-state index contributed by atoms with van der Waals surface area (Å²) in [5, 5.41) is 5.09. The summed E-state index contributed by atoms with van der Waals surface area (Å²) in [6.45, 7) is 1.86. The third-order valence-electron chi connectivity index (χ3n) is 6.28. The molecule has 34 heavy (non-hydrogen) atoms. The Bertz CT molecular complexity index is 1360. The number of fused-ring (bicyclic) bond motifs is 2. The molecule has 3 heterocycles. The minimum atomic E-state index is -0.459. The molecule has 1 aliphatic rings. The van der Waals surface area contributed by atoms with E-state index in [0.29, 0.717) is 17.4 Å². The first kappa shape index (κ1) is 21.8. The third-order valence-corrected chi connectivity index (χ3v) is 6.28. The topological polar surface area (TPSA) is 93.1 Å². The van der Waals surface area contributed by atoms with Crippen LogP contribution in [0.25, 0.3) is 22.3 Å². The summed E-state index contributed by atoms with van der Waals surface area (Å²) in [7, 11) is 3.45. The second-order valence-corrected chi connectivity index (χ2v) is 8.43. The fourth-order valence-corrected chi connectivity index (χ4v) is 4.21. The van der Waals surface area contributed by atoms with E-state index in [1.807, 2.05) is 49.3 Å². The van der Waals surface area contributed by atoms with Gasteiger partial charge in [-0.2, -0.15) is 0 Å². The van der Waals surface area contributed by atoms with Gasteiger partial charge in [0.05, 0.1) is 19.0 Å². The molecule has 1 atom stereocenters. The molecule has 0 aliphatic heterocycles. The Balaban J connectivity index is 1.44. The van der Waals surface area contributed by atoms with Gasteiger partial charge in [-0.1, -0.05) is 24.3 Å². The predicted molar refractivity (Wildman–Crippen MR) is 132 cm³/mol. The van der Waals surface area contributed by atoms with Gasteiger partial charge in [-0.3, -0.25) is 9.78 Å². The Morgan fingerprint density at radius 1 is 1.06 bits per heavy atom. The van der Waals surface area contributed by atoms with Crippen molar-refractivity contribution in [1.29, 1.82) is 0 Å². The minimum absolute atomic E-state index is 0.148. The average Bonchev–Trinajstić information content (AvgIpc) is 3.36. The first-order valence-electron chi connectivity index (χ1n) is 11.3. The molecule has 0 saturated carbocycles. The van der Waals surface area contributed by atoms with Crippen LogP contribution in [0.1, 0.15) is 24.6 Å². The van der Waals surface area contributed by atoms with Gasteiger partial charge < -0.3 is 15.0 Å². The van der Waals surface area contributed by atoms with Crippen molar-refractivity contribution >= 4 is 28.2 Å². The van der Waals surface area contributed by atoms with Crippen molar-refractivity contribution in [1.82, 2.24) is 19.9 Å². The van der Waals surface area contributed by atoms with E-state index in [1.165, 1.54) is 0 Å². The molecule has 8 heteroatoms. The first-order chi connectivity index (χ1) is 16.5. The lowest BCUT2D eigenvalue weighted by Gasteiger charge is -2.27. The molecule has 4 aromatic rings. The number of hydrogen-bond donors (Lipinski definition) is 1. The summed E-state index contributed by atoms with van der Waals surface area (Å²) >= 11 is 0. The molecule has 1 N–H and O–H groups in total. The number of aryl methyl sites for hydroxylation is 1. The zero-order valence-electron chi connectivity index (χ0n) is 19.4. The number of ether oxygens (including phenoxy) is 1. The van der Waals surface area contributed by atoms with E-state index in [4.69, 9.17) is 14.7 Å². The number of carbonyl (C=O) groups is 1. The summed E-state index contributed by atoms with van der Waals surface area (Å²) in [5.41, 5.74) is 3.48. The second kappa shape index (κ2) is 9.05. The highest BCUT2D eigenvalue weighted by Crippen LogP contribution is 2.32. The molecule has 1 aliphatic carbocycles. The van der Waals surface area contributed by atoms with Gasteiger partial charge in [0.25, 0.3) is 0 Å². The van der Waals surface area contributed by atoms with Crippen LogP contribution in [0.3, 0.4) is 0 Å². The lowest BCUT2D eigenvalue weighted by atomic mass is 10.1. The summed E-state index contributed by atoms with van der Waals surface area (Å²) in [4.78, 5) is 33.4. The molecule has 0 radical (unpaired) electrons. The predicted octanol–water partition coefficient (Wildman–Crippen LogP) is 4.05. The monoisotopic (exact) mass is 454 g/mol.